The number of halogens is 1. The van der Waals surface area contributed by atoms with Gasteiger partial charge < -0.3 is 5.11 Å². The summed E-state index contributed by atoms with van der Waals surface area (Å²) >= 11 is 4.19. The summed E-state index contributed by atoms with van der Waals surface area (Å²) in [6.45, 7) is 1.51. The van der Waals surface area contributed by atoms with E-state index in [0.717, 1.165) is 11.3 Å². The molecule has 0 bridgehead atoms. The Kier molecular flexibility index (Phi) is 4.48. The smallest absolute Gasteiger partial charge is 0.304 e. The van der Waals surface area contributed by atoms with E-state index in [4.69, 9.17) is 5.11 Å². The Labute approximate surface area is 106 Å². The van der Waals surface area contributed by atoms with Gasteiger partial charge in [-0.1, -0.05) is 0 Å². The highest BCUT2D eigenvalue weighted by Crippen LogP contribution is 2.27. The normalized spacial score (nSPS) is 13.6. The third-order valence-electron chi connectivity index (χ3n) is 1.67. The van der Waals surface area contributed by atoms with Crippen LogP contribution in [0.1, 0.15) is 13.3 Å². The fourth-order valence-corrected chi connectivity index (χ4v) is 4.69. The van der Waals surface area contributed by atoms with Gasteiger partial charge in [-0.3, -0.25) is 4.79 Å². The maximum atomic E-state index is 11.8. The Bertz CT molecular complexity index is 482. The van der Waals surface area contributed by atoms with Crippen molar-refractivity contribution in [2.24, 2.45) is 0 Å². The first-order valence-electron chi connectivity index (χ1n) is 4.30. The average Bonchev–Trinajstić information content (AvgIpc) is 2.48. The molecule has 0 aromatic carbocycles. The standard InChI is InChI=1S/C8H10BrNO4S2/c1-5(4-7(11)12)10-16(13,14)8-6(9)2-3-15-8/h2-3,5,10H,4H2,1H3,(H,11,12). The summed E-state index contributed by atoms with van der Waals surface area (Å²) in [6, 6.07) is 0.984. The molecule has 0 fully saturated rings. The molecule has 0 radical (unpaired) electrons. The van der Waals surface area contributed by atoms with Crippen molar-refractivity contribution in [2.45, 2.75) is 23.6 Å². The second kappa shape index (κ2) is 5.26. The average molecular weight is 328 g/mol. The van der Waals surface area contributed by atoms with Crippen molar-refractivity contribution in [3.8, 4) is 0 Å². The topological polar surface area (TPSA) is 83.5 Å². The first-order chi connectivity index (χ1) is 7.33. The quantitative estimate of drug-likeness (QED) is 0.861. The Morgan fingerprint density at radius 1 is 1.69 bits per heavy atom. The van der Waals surface area contributed by atoms with E-state index in [1.54, 1.807) is 11.4 Å². The van der Waals surface area contributed by atoms with Crippen LogP contribution in [0.15, 0.2) is 20.1 Å². The molecule has 1 heterocycles. The molecule has 16 heavy (non-hydrogen) atoms. The molecule has 1 atom stereocenters. The van der Waals surface area contributed by atoms with Gasteiger partial charge in [0.25, 0.3) is 10.0 Å². The van der Waals surface area contributed by atoms with E-state index < -0.39 is 22.0 Å². The number of thiophene rings is 1. The number of carbonyl (C=O) groups is 1. The SMILES string of the molecule is CC(CC(=O)O)NS(=O)(=O)c1sccc1Br. The van der Waals surface area contributed by atoms with Gasteiger partial charge in [0.2, 0.25) is 0 Å². The van der Waals surface area contributed by atoms with Crippen LogP contribution >= 0.6 is 27.3 Å². The van der Waals surface area contributed by atoms with Gasteiger partial charge in [-0.2, -0.15) is 0 Å². The molecule has 2 N–H and O–H groups in total. The summed E-state index contributed by atoms with van der Waals surface area (Å²) in [7, 11) is -3.63. The highest BCUT2D eigenvalue weighted by Gasteiger charge is 2.22. The molecule has 1 rings (SSSR count). The van der Waals surface area contributed by atoms with Gasteiger partial charge in [0.15, 0.2) is 0 Å². The van der Waals surface area contributed by atoms with Crippen LogP contribution < -0.4 is 4.72 Å². The lowest BCUT2D eigenvalue weighted by atomic mass is 10.3. The first kappa shape index (κ1) is 13.6. The van der Waals surface area contributed by atoms with E-state index in [1.807, 2.05) is 0 Å². The molecule has 0 aliphatic rings. The van der Waals surface area contributed by atoms with Gasteiger partial charge in [0, 0.05) is 10.5 Å². The predicted molar refractivity (Wildman–Crippen MR) is 64.1 cm³/mol. The maximum absolute atomic E-state index is 11.8. The molecule has 0 spiro atoms. The molecule has 5 nitrogen and oxygen atoms in total. The van der Waals surface area contributed by atoms with Crippen molar-refractivity contribution in [2.75, 3.05) is 0 Å². The Morgan fingerprint density at radius 3 is 2.75 bits per heavy atom. The second-order valence-corrected chi connectivity index (χ2v) is 6.86. The van der Waals surface area contributed by atoms with E-state index in [9.17, 15) is 13.2 Å². The van der Waals surface area contributed by atoms with Crippen LogP contribution in [0.25, 0.3) is 0 Å². The van der Waals surface area contributed by atoms with Crippen LogP contribution in [0, 0.1) is 0 Å². The summed E-state index contributed by atoms with van der Waals surface area (Å²) in [5.41, 5.74) is 0. The largest absolute Gasteiger partial charge is 0.481 e. The Balaban J connectivity index is 2.81. The van der Waals surface area contributed by atoms with Crippen LogP contribution in [0.2, 0.25) is 0 Å². The van der Waals surface area contributed by atoms with Crippen molar-refractivity contribution in [3.63, 3.8) is 0 Å². The van der Waals surface area contributed by atoms with Gasteiger partial charge in [-0.15, -0.1) is 11.3 Å². The molecular formula is C8H10BrNO4S2. The Hall–Kier alpha value is -0.440. The fraction of sp³-hybridized carbons (Fsp3) is 0.375. The van der Waals surface area contributed by atoms with Gasteiger partial charge in [-0.25, -0.2) is 13.1 Å². The highest BCUT2D eigenvalue weighted by atomic mass is 79.9. The van der Waals surface area contributed by atoms with Crippen LogP contribution in [0.4, 0.5) is 0 Å². The number of nitrogens with one attached hydrogen (secondary N) is 1. The Morgan fingerprint density at radius 2 is 2.31 bits per heavy atom. The molecule has 1 unspecified atom stereocenters. The molecule has 0 saturated carbocycles. The summed E-state index contributed by atoms with van der Waals surface area (Å²) in [4.78, 5) is 10.4. The molecule has 0 aliphatic heterocycles. The van der Waals surface area contributed by atoms with Crippen LogP contribution in [0.3, 0.4) is 0 Å². The molecular weight excluding hydrogens is 318 g/mol. The first-order valence-corrected chi connectivity index (χ1v) is 7.45. The molecule has 0 aliphatic carbocycles. The summed E-state index contributed by atoms with van der Waals surface area (Å²) in [5.74, 6) is -1.04. The third kappa shape index (κ3) is 3.55. The molecule has 0 amide bonds. The van der Waals surface area contributed by atoms with Crippen LogP contribution in [-0.4, -0.2) is 25.5 Å². The van der Waals surface area contributed by atoms with Crippen LogP contribution in [-0.2, 0) is 14.8 Å². The lowest BCUT2D eigenvalue weighted by molar-refractivity contribution is -0.137. The molecule has 0 saturated heterocycles. The lowest BCUT2D eigenvalue weighted by Gasteiger charge is -2.11. The van der Waals surface area contributed by atoms with Crippen molar-refractivity contribution >= 4 is 43.3 Å². The zero-order chi connectivity index (χ0) is 12.3. The van der Waals surface area contributed by atoms with Gasteiger partial charge in [0.05, 0.1) is 6.42 Å². The summed E-state index contributed by atoms with van der Waals surface area (Å²) in [6.07, 6.45) is -0.248. The number of hydrogen-bond donors (Lipinski definition) is 2. The van der Waals surface area contributed by atoms with Crippen molar-refractivity contribution in [1.82, 2.24) is 4.72 Å². The molecule has 1 aromatic heterocycles. The van der Waals surface area contributed by atoms with E-state index in [0.29, 0.717) is 4.47 Å². The van der Waals surface area contributed by atoms with Gasteiger partial charge in [0.1, 0.15) is 4.21 Å². The predicted octanol–water partition coefficient (Wildman–Crippen LogP) is 1.65. The minimum absolute atomic E-state index is 0.157. The van der Waals surface area contributed by atoms with E-state index >= 15 is 0 Å². The van der Waals surface area contributed by atoms with Crippen molar-refractivity contribution in [3.05, 3.63) is 15.9 Å². The zero-order valence-electron chi connectivity index (χ0n) is 8.31. The number of carboxylic acids is 1. The number of sulfonamides is 1. The number of aliphatic carboxylic acids is 1. The maximum Gasteiger partial charge on any atom is 0.304 e. The number of hydrogen-bond acceptors (Lipinski definition) is 4. The van der Waals surface area contributed by atoms with Gasteiger partial charge in [-0.05, 0) is 34.3 Å². The summed E-state index contributed by atoms with van der Waals surface area (Å²) in [5, 5.41) is 10.2. The lowest BCUT2D eigenvalue weighted by Crippen LogP contribution is -2.33. The van der Waals surface area contributed by atoms with E-state index in [-0.39, 0.29) is 10.6 Å². The third-order valence-corrected chi connectivity index (χ3v) is 5.93. The number of rotatable bonds is 5. The highest BCUT2D eigenvalue weighted by molar-refractivity contribution is 9.10. The molecule has 1 aromatic rings. The van der Waals surface area contributed by atoms with E-state index in [2.05, 4.69) is 20.7 Å². The van der Waals surface area contributed by atoms with Crippen molar-refractivity contribution in [1.29, 1.82) is 0 Å². The van der Waals surface area contributed by atoms with Gasteiger partial charge >= 0.3 is 5.97 Å². The minimum Gasteiger partial charge on any atom is -0.481 e. The van der Waals surface area contributed by atoms with E-state index in [1.165, 1.54) is 6.92 Å². The minimum atomic E-state index is -3.63. The molecule has 90 valence electrons. The number of carboxylic acid groups (broad SMARTS) is 1. The monoisotopic (exact) mass is 327 g/mol. The zero-order valence-corrected chi connectivity index (χ0v) is 11.5. The van der Waals surface area contributed by atoms with Crippen LogP contribution in [0.5, 0.6) is 0 Å². The van der Waals surface area contributed by atoms with Crippen molar-refractivity contribution < 1.29 is 18.3 Å². The summed E-state index contributed by atoms with van der Waals surface area (Å²) < 4.78 is 26.5. The second-order valence-electron chi connectivity index (χ2n) is 3.18. The molecule has 8 heteroatoms. The fourth-order valence-electron chi connectivity index (χ4n) is 1.09.